The number of benzene rings is 2. The highest BCUT2D eigenvalue weighted by Gasteiger charge is 2.38. The molecule has 1 atom stereocenters. The van der Waals surface area contributed by atoms with Gasteiger partial charge in [0.25, 0.3) is 0 Å². The van der Waals surface area contributed by atoms with Gasteiger partial charge >= 0.3 is 6.03 Å². The number of carbonyl (C=O) groups excluding carboxylic acids is 2. The average Bonchev–Trinajstić information content (AvgIpc) is 2.52. The number of nitrogens with zero attached hydrogens (tertiary/aromatic N) is 2. The van der Waals surface area contributed by atoms with E-state index >= 15 is 0 Å². The summed E-state index contributed by atoms with van der Waals surface area (Å²) in [7, 11) is 1.63. The maximum Gasteiger partial charge on any atom is 0.331 e. The van der Waals surface area contributed by atoms with Crippen molar-refractivity contribution in [1.82, 2.24) is 4.90 Å². The number of hydrogen-bond donors (Lipinski definition) is 0. The number of urea groups is 1. The van der Waals surface area contributed by atoms with E-state index in [1.165, 1.54) is 9.80 Å². The summed E-state index contributed by atoms with van der Waals surface area (Å²) in [6.07, 6.45) is 0.558. The highest BCUT2D eigenvalue weighted by atomic mass is 35.5. The summed E-state index contributed by atoms with van der Waals surface area (Å²) in [5.74, 6) is 0. The lowest BCUT2D eigenvalue weighted by Crippen LogP contribution is -2.47. The molecular weight excluding hydrogens is 288 g/mol. The molecule has 0 bridgehead atoms. The second kappa shape index (κ2) is 5.22. The number of hydrogen-bond acceptors (Lipinski definition) is 2. The second-order valence-electron chi connectivity index (χ2n) is 4.84. The van der Waals surface area contributed by atoms with Crippen LogP contribution in [0.25, 0.3) is 0 Å². The number of anilines is 1. The fourth-order valence-electron chi connectivity index (χ4n) is 2.68. The minimum atomic E-state index is -0.504. The largest absolute Gasteiger partial charge is 0.331 e. The van der Waals surface area contributed by atoms with Crippen LogP contribution in [-0.2, 0) is 4.79 Å². The number of rotatable bonds is 2. The first kappa shape index (κ1) is 13.6. The normalized spacial score (nSPS) is 17.6. The number of halogens is 1. The molecule has 4 nitrogen and oxygen atoms in total. The zero-order valence-corrected chi connectivity index (χ0v) is 12.1. The molecular formula is C16H13ClN2O2. The van der Waals surface area contributed by atoms with Crippen LogP contribution in [0.15, 0.2) is 48.5 Å². The third-order valence-electron chi connectivity index (χ3n) is 3.68. The summed E-state index contributed by atoms with van der Waals surface area (Å²) in [4.78, 5) is 26.5. The van der Waals surface area contributed by atoms with E-state index in [4.69, 9.17) is 11.6 Å². The number of carbonyl (C=O) groups is 2. The van der Waals surface area contributed by atoms with Crippen molar-refractivity contribution >= 4 is 29.7 Å². The predicted molar refractivity (Wildman–Crippen MR) is 81.4 cm³/mol. The topological polar surface area (TPSA) is 40.6 Å². The summed E-state index contributed by atoms with van der Waals surface area (Å²) in [6, 6.07) is 13.9. The van der Waals surface area contributed by atoms with Gasteiger partial charge in [0.05, 0.1) is 11.7 Å². The first-order chi connectivity index (χ1) is 10.1. The van der Waals surface area contributed by atoms with Crippen LogP contribution >= 0.6 is 11.6 Å². The van der Waals surface area contributed by atoms with Crippen molar-refractivity contribution in [2.75, 3.05) is 11.9 Å². The Morgan fingerprint density at radius 2 is 1.81 bits per heavy atom. The van der Waals surface area contributed by atoms with Gasteiger partial charge in [0.1, 0.15) is 0 Å². The van der Waals surface area contributed by atoms with Gasteiger partial charge in [-0.25, -0.2) is 4.79 Å². The third-order valence-corrected chi connectivity index (χ3v) is 4.01. The molecule has 2 aromatic carbocycles. The smallest absolute Gasteiger partial charge is 0.297 e. The zero-order valence-electron chi connectivity index (χ0n) is 11.4. The molecule has 0 N–H and O–H groups in total. The molecule has 3 rings (SSSR count). The fraction of sp³-hybridized carbons (Fsp3) is 0.125. The van der Waals surface area contributed by atoms with Crippen LogP contribution in [0.2, 0.25) is 5.02 Å². The molecule has 0 fully saturated rings. The Hall–Kier alpha value is -2.33. The van der Waals surface area contributed by atoms with Gasteiger partial charge in [-0.2, -0.15) is 0 Å². The van der Waals surface area contributed by atoms with E-state index in [2.05, 4.69) is 0 Å². The van der Waals surface area contributed by atoms with Gasteiger partial charge < -0.3 is 0 Å². The number of fused-ring (bicyclic) bond motifs is 1. The first-order valence-corrected chi connectivity index (χ1v) is 6.87. The minimum absolute atomic E-state index is 0.367. The minimum Gasteiger partial charge on any atom is -0.297 e. The summed E-state index contributed by atoms with van der Waals surface area (Å²) in [6.45, 7) is 0. The van der Waals surface area contributed by atoms with E-state index in [9.17, 15) is 9.59 Å². The zero-order chi connectivity index (χ0) is 15.0. The fourth-order valence-corrected chi connectivity index (χ4v) is 2.96. The average molecular weight is 301 g/mol. The Kier molecular flexibility index (Phi) is 3.39. The summed E-state index contributed by atoms with van der Waals surface area (Å²) < 4.78 is 0. The van der Waals surface area contributed by atoms with E-state index in [0.717, 1.165) is 16.8 Å². The molecule has 1 aliphatic rings. The Balaban J connectivity index is 2.28. The molecule has 0 spiro atoms. The van der Waals surface area contributed by atoms with Gasteiger partial charge in [0.2, 0.25) is 6.41 Å². The molecule has 5 heteroatoms. The number of amides is 3. The van der Waals surface area contributed by atoms with E-state index < -0.39 is 6.04 Å². The van der Waals surface area contributed by atoms with Crippen molar-refractivity contribution in [3.63, 3.8) is 0 Å². The number of imide groups is 1. The molecule has 0 aliphatic carbocycles. The molecule has 1 heterocycles. The van der Waals surface area contributed by atoms with Crippen LogP contribution < -0.4 is 4.90 Å². The molecule has 21 heavy (non-hydrogen) atoms. The van der Waals surface area contributed by atoms with Gasteiger partial charge in [-0.1, -0.05) is 48.0 Å². The summed E-state index contributed by atoms with van der Waals surface area (Å²) in [5, 5.41) is 0.535. The van der Waals surface area contributed by atoms with Crippen LogP contribution in [0.1, 0.15) is 17.2 Å². The van der Waals surface area contributed by atoms with Gasteiger partial charge in [-0.15, -0.1) is 0 Å². The maximum atomic E-state index is 12.4. The van der Waals surface area contributed by atoms with Crippen LogP contribution in [0.3, 0.4) is 0 Å². The predicted octanol–water partition coefficient (Wildman–Crippen LogP) is 3.46. The second-order valence-corrected chi connectivity index (χ2v) is 5.25. The van der Waals surface area contributed by atoms with E-state index in [1.54, 1.807) is 19.2 Å². The van der Waals surface area contributed by atoms with Gasteiger partial charge in [-0.05, 0) is 17.7 Å². The van der Waals surface area contributed by atoms with Crippen LogP contribution in [0.5, 0.6) is 0 Å². The molecule has 0 radical (unpaired) electrons. The molecule has 0 saturated carbocycles. The van der Waals surface area contributed by atoms with Crippen molar-refractivity contribution in [2.45, 2.75) is 6.04 Å². The SMILES string of the molecule is CN1C(=O)N(C=O)C(c2ccccc2)c2c(Cl)cccc21. The highest BCUT2D eigenvalue weighted by Crippen LogP contribution is 2.42. The van der Waals surface area contributed by atoms with Crippen molar-refractivity contribution in [3.8, 4) is 0 Å². The highest BCUT2D eigenvalue weighted by molar-refractivity contribution is 6.32. The quantitative estimate of drug-likeness (QED) is 0.797. The standard InChI is InChI=1S/C16H13ClN2O2/c1-18-13-9-5-8-12(17)14(13)15(19(10-20)16(18)21)11-6-3-2-4-7-11/h2-10,15H,1H3. The summed E-state index contributed by atoms with van der Waals surface area (Å²) >= 11 is 6.34. The first-order valence-electron chi connectivity index (χ1n) is 6.50. The van der Waals surface area contributed by atoms with Crippen molar-refractivity contribution in [2.24, 2.45) is 0 Å². The van der Waals surface area contributed by atoms with Crippen LogP contribution in [0, 0.1) is 0 Å². The molecule has 0 aromatic heterocycles. The monoisotopic (exact) mass is 300 g/mol. The van der Waals surface area contributed by atoms with Gasteiger partial charge in [-0.3, -0.25) is 14.6 Å². The molecule has 106 valence electrons. The Bertz CT molecular complexity index is 703. The third kappa shape index (κ3) is 2.08. The molecule has 1 unspecified atom stereocenters. The van der Waals surface area contributed by atoms with Crippen molar-refractivity contribution in [1.29, 1.82) is 0 Å². The van der Waals surface area contributed by atoms with Crippen molar-refractivity contribution in [3.05, 3.63) is 64.7 Å². The van der Waals surface area contributed by atoms with Gasteiger partial charge in [0.15, 0.2) is 0 Å². The Labute approximate surface area is 127 Å². The lowest BCUT2D eigenvalue weighted by Gasteiger charge is -2.38. The molecule has 3 amide bonds. The summed E-state index contributed by atoms with van der Waals surface area (Å²) in [5.41, 5.74) is 2.33. The van der Waals surface area contributed by atoms with Crippen molar-refractivity contribution < 1.29 is 9.59 Å². The molecule has 2 aromatic rings. The van der Waals surface area contributed by atoms with Crippen LogP contribution in [-0.4, -0.2) is 24.4 Å². The van der Waals surface area contributed by atoms with E-state index in [1.807, 2.05) is 36.4 Å². The lowest BCUT2D eigenvalue weighted by atomic mass is 9.93. The molecule has 1 aliphatic heterocycles. The molecule has 0 saturated heterocycles. The van der Waals surface area contributed by atoms with Crippen LogP contribution in [0.4, 0.5) is 10.5 Å². The van der Waals surface area contributed by atoms with Gasteiger partial charge in [0, 0.05) is 17.6 Å². The Morgan fingerprint density at radius 1 is 1.10 bits per heavy atom. The Morgan fingerprint density at radius 3 is 2.48 bits per heavy atom. The van der Waals surface area contributed by atoms with E-state index in [-0.39, 0.29) is 6.03 Å². The lowest BCUT2D eigenvalue weighted by molar-refractivity contribution is -0.116. The maximum absolute atomic E-state index is 12.4. The van der Waals surface area contributed by atoms with E-state index in [0.29, 0.717) is 11.4 Å².